The molecule has 0 radical (unpaired) electrons. The maximum absolute atomic E-state index is 9.12. The second-order valence-electron chi connectivity index (χ2n) is 23.9. The van der Waals surface area contributed by atoms with Crippen LogP contribution in [0.4, 0.5) is 34.1 Å². The zero-order chi connectivity index (χ0) is 52.2. The van der Waals surface area contributed by atoms with Gasteiger partial charge in [-0.3, -0.25) is 0 Å². The summed E-state index contributed by atoms with van der Waals surface area (Å²) < 4.78 is 29.9. The molecule has 3 aliphatic heterocycles. The van der Waals surface area contributed by atoms with Gasteiger partial charge in [-0.15, -0.1) is 0 Å². The highest BCUT2D eigenvalue weighted by Crippen LogP contribution is 2.64. The van der Waals surface area contributed by atoms with Crippen LogP contribution < -0.4 is 26.2 Å². The number of nitrogens with zero attached hydrogens (tertiary/aromatic N) is 3. The molecule has 3 nitrogen and oxygen atoms in total. The number of para-hydroxylation sites is 2. The number of hydrogen-bond donors (Lipinski definition) is 0. The van der Waals surface area contributed by atoms with Gasteiger partial charge in [-0.1, -0.05) is 200 Å². The average molecular weight is 943 g/mol. The first-order chi connectivity index (χ1) is 36.4. The summed E-state index contributed by atoms with van der Waals surface area (Å²) in [7, 11) is 0. The van der Waals surface area contributed by atoms with Gasteiger partial charge in [0.1, 0.15) is 0 Å². The molecule has 0 atom stereocenters. The lowest BCUT2D eigenvalue weighted by Crippen LogP contribution is -2.61. The van der Waals surface area contributed by atoms with Crippen LogP contribution in [0.15, 0.2) is 188 Å². The first-order valence-corrected chi connectivity index (χ1v) is 26.1. The Balaban J connectivity index is 1.12. The van der Waals surface area contributed by atoms with Crippen LogP contribution in [0.2, 0.25) is 0 Å². The minimum Gasteiger partial charge on any atom is -0.311 e. The minimum absolute atomic E-state index is 0.0236. The predicted octanol–water partition coefficient (Wildman–Crippen LogP) is 15.6. The van der Waals surface area contributed by atoms with E-state index >= 15 is 0 Å². The lowest BCUT2D eigenvalue weighted by molar-refractivity contribution is 0.590. The summed E-state index contributed by atoms with van der Waals surface area (Å²) in [5.74, 6) is 0. The zero-order valence-electron chi connectivity index (χ0n) is 45.8. The van der Waals surface area contributed by atoms with Gasteiger partial charge in [-0.25, -0.2) is 0 Å². The van der Waals surface area contributed by atoms with Crippen molar-refractivity contribution in [2.75, 3.05) is 9.80 Å². The lowest BCUT2D eigenvalue weighted by atomic mass is 9.33. The van der Waals surface area contributed by atoms with Crippen molar-refractivity contribution in [3.8, 4) is 28.1 Å². The monoisotopic (exact) mass is 942 g/mol. The fraction of sp³-hybridized carbons (Fsp3) is 0.188. The van der Waals surface area contributed by atoms with E-state index in [1.165, 1.54) is 72.1 Å². The van der Waals surface area contributed by atoms with Crippen LogP contribution in [0, 0.1) is 6.85 Å². The molecule has 0 amide bonds. The van der Waals surface area contributed by atoms with E-state index in [2.05, 4.69) is 246 Å². The number of rotatable bonds is 3. The molecule has 352 valence electrons. The zero-order valence-corrected chi connectivity index (χ0v) is 42.8. The van der Waals surface area contributed by atoms with Crippen LogP contribution in [0.3, 0.4) is 0 Å². The van der Waals surface area contributed by atoms with E-state index in [-0.39, 0.29) is 17.5 Å². The molecule has 10 aromatic rings. The molecule has 9 aromatic carbocycles. The second kappa shape index (κ2) is 14.2. The summed E-state index contributed by atoms with van der Waals surface area (Å²) in [5, 5.41) is 1.01. The molecular weight excluding hydrogens is 882 g/mol. The van der Waals surface area contributed by atoms with Gasteiger partial charge in [0.25, 0.3) is 6.71 Å². The minimum atomic E-state index is -2.34. The largest absolute Gasteiger partial charge is 0.311 e. The topological polar surface area (TPSA) is 11.4 Å². The van der Waals surface area contributed by atoms with E-state index in [0.717, 1.165) is 61.9 Å². The van der Waals surface area contributed by atoms with Crippen LogP contribution in [0.25, 0.3) is 39.0 Å². The third-order valence-electron chi connectivity index (χ3n) is 17.5. The van der Waals surface area contributed by atoms with Crippen molar-refractivity contribution in [1.82, 2.24) is 4.57 Å². The molecule has 1 aromatic heterocycles. The Bertz CT molecular complexity index is 4060. The Morgan fingerprint density at radius 1 is 0.493 bits per heavy atom. The molecule has 2 aliphatic carbocycles. The molecule has 0 unspecified atom stereocenters. The van der Waals surface area contributed by atoms with Gasteiger partial charge in [0.05, 0.1) is 22.5 Å². The molecule has 4 heteroatoms. The van der Waals surface area contributed by atoms with Crippen LogP contribution in [0.5, 0.6) is 0 Å². The maximum atomic E-state index is 9.12. The van der Waals surface area contributed by atoms with Gasteiger partial charge in [0.2, 0.25) is 0 Å². The quantitative estimate of drug-likeness (QED) is 0.164. The van der Waals surface area contributed by atoms with Crippen LogP contribution in [0.1, 0.15) is 110 Å². The molecule has 73 heavy (non-hydrogen) atoms. The van der Waals surface area contributed by atoms with Gasteiger partial charge < -0.3 is 14.4 Å². The van der Waals surface area contributed by atoms with E-state index < -0.39 is 17.7 Å². The van der Waals surface area contributed by atoms with E-state index in [4.69, 9.17) is 4.11 Å². The van der Waals surface area contributed by atoms with E-state index in [0.29, 0.717) is 5.56 Å². The van der Waals surface area contributed by atoms with Crippen molar-refractivity contribution in [2.24, 2.45) is 0 Å². The van der Waals surface area contributed by atoms with Gasteiger partial charge in [0.15, 0.2) is 0 Å². The number of aryl methyl sites for hydroxylation is 1. The van der Waals surface area contributed by atoms with Crippen LogP contribution in [-0.4, -0.2) is 11.3 Å². The highest BCUT2D eigenvalue weighted by Gasteiger charge is 2.55. The van der Waals surface area contributed by atoms with Gasteiger partial charge in [-0.05, 0) is 138 Å². The van der Waals surface area contributed by atoms with Gasteiger partial charge >= 0.3 is 0 Å². The third-order valence-corrected chi connectivity index (χ3v) is 17.5. The summed E-state index contributed by atoms with van der Waals surface area (Å²) >= 11 is 0. The van der Waals surface area contributed by atoms with Crippen molar-refractivity contribution in [1.29, 1.82) is 0 Å². The first kappa shape index (κ1) is 39.8. The molecule has 4 heterocycles. The number of fused-ring (bicyclic) bond motifs is 18. The van der Waals surface area contributed by atoms with Crippen molar-refractivity contribution in [3.05, 3.63) is 238 Å². The number of hydrogen-bond acceptors (Lipinski definition) is 2. The normalized spacial score (nSPS) is 16.1. The van der Waals surface area contributed by atoms with Crippen molar-refractivity contribution < 1.29 is 4.11 Å². The smallest absolute Gasteiger partial charge is 0.252 e. The van der Waals surface area contributed by atoms with Crippen molar-refractivity contribution in [2.45, 2.75) is 83.9 Å². The molecule has 0 bridgehead atoms. The summed E-state index contributed by atoms with van der Waals surface area (Å²) in [5.41, 5.74) is 26.3. The highest BCUT2D eigenvalue weighted by atomic mass is 15.2. The highest BCUT2D eigenvalue weighted by molar-refractivity contribution is 7.00. The molecule has 0 fully saturated rings. The molecule has 0 saturated heterocycles. The van der Waals surface area contributed by atoms with Crippen LogP contribution in [-0.2, 0) is 21.7 Å². The molecule has 1 spiro atoms. The summed E-state index contributed by atoms with van der Waals surface area (Å²) in [4.78, 5) is 5.05. The van der Waals surface area contributed by atoms with Crippen molar-refractivity contribution in [3.63, 3.8) is 0 Å². The van der Waals surface area contributed by atoms with Gasteiger partial charge in [-0.2, -0.15) is 0 Å². The lowest BCUT2D eigenvalue weighted by Gasteiger charge is -2.50. The Morgan fingerprint density at radius 2 is 1.04 bits per heavy atom. The van der Waals surface area contributed by atoms with E-state index in [1.807, 2.05) is 12.1 Å². The maximum Gasteiger partial charge on any atom is 0.252 e. The molecular formula is C69H58BN3. The summed E-state index contributed by atoms with van der Waals surface area (Å²) in [6, 6.07) is 70.3. The standard InChI is InChI=1S/C69H58BN3/c1-41-37-50-61-64(49-21-12-13-22-51(49)68(61,8)9)73-60-40-46(71(44-33-29-42(30-34-44)66(2,3)4)45-35-31-43(32-36-45)67(5,6)7)39-59-62(60)70(57(38-41)63(50)73)56-27-18-26-55-65(56)72(59)58-28-17-16-25-54(58)69(55)52-23-14-10-19-47(52)48-20-11-15-24-53(48)69/h10-40H,1-9H3/i1D3. The fourth-order valence-corrected chi connectivity index (χ4v) is 14.4. The molecule has 5 aliphatic rings. The first-order valence-electron chi connectivity index (χ1n) is 27.6. The van der Waals surface area contributed by atoms with E-state index in [9.17, 15) is 0 Å². The van der Waals surface area contributed by atoms with Crippen LogP contribution >= 0.6 is 0 Å². The van der Waals surface area contributed by atoms with E-state index in [1.54, 1.807) is 0 Å². The third kappa shape index (κ3) is 5.41. The van der Waals surface area contributed by atoms with Gasteiger partial charge in [0, 0.05) is 54.4 Å². The Kier molecular flexibility index (Phi) is 7.75. The Morgan fingerprint density at radius 3 is 1.66 bits per heavy atom. The number of aromatic nitrogens is 1. The average Bonchev–Trinajstić information content (AvgIpc) is 3.35. The molecule has 15 rings (SSSR count). The molecule has 0 saturated carbocycles. The fourth-order valence-electron chi connectivity index (χ4n) is 14.4. The summed E-state index contributed by atoms with van der Waals surface area (Å²) in [6.07, 6.45) is 0. The Labute approximate surface area is 434 Å². The number of benzene rings is 9. The summed E-state index contributed by atoms with van der Waals surface area (Å²) in [6.45, 7) is 15.7. The Hall–Kier alpha value is -7.82. The SMILES string of the molecule is [2H]C([2H])([2H])c1cc2c3c(c1)c1c(n3-c3cc(N(c4ccc(C(C)(C)C)cc4)c4ccc(C(C)(C)C)cc4)cc4c3B2c2cccc3c2N4c2ccccc2C32c3ccccc3-c3ccccc32)-c2ccccc2C1(C)C. The number of anilines is 6. The second-order valence-corrected chi connectivity index (χ2v) is 23.9. The predicted molar refractivity (Wildman–Crippen MR) is 308 cm³/mol. The molecule has 0 N–H and O–H groups in total. The van der Waals surface area contributed by atoms with Crippen molar-refractivity contribution >= 4 is 68.1 Å².